The summed E-state index contributed by atoms with van der Waals surface area (Å²) in [7, 11) is -1.74. The summed E-state index contributed by atoms with van der Waals surface area (Å²) in [4.78, 5) is 13.5. The average Bonchev–Trinajstić information content (AvgIpc) is 2.55. The van der Waals surface area contributed by atoms with Crippen LogP contribution in [0.3, 0.4) is 0 Å². The maximum atomic E-state index is 12.8. The van der Waals surface area contributed by atoms with Crippen molar-refractivity contribution in [1.29, 1.82) is 0 Å². The minimum Gasteiger partial charge on any atom is -0.478 e. The highest BCUT2D eigenvalue weighted by molar-refractivity contribution is 7.89. The van der Waals surface area contributed by atoms with Gasteiger partial charge in [-0.3, -0.25) is 0 Å². The Morgan fingerprint density at radius 2 is 1.88 bits per heavy atom. The second kappa shape index (κ2) is 7.92. The van der Waals surface area contributed by atoms with Crippen LogP contribution in [0, 0.1) is 0 Å². The Morgan fingerprint density at radius 1 is 1.21 bits per heavy atom. The molecule has 1 aromatic carbocycles. The van der Waals surface area contributed by atoms with Gasteiger partial charge in [-0.25, -0.2) is 13.2 Å². The molecule has 132 valence electrons. The summed E-state index contributed by atoms with van der Waals surface area (Å²) in [6.45, 7) is 4.21. The van der Waals surface area contributed by atoms with Gasteiger partial charge in [0.05, 0.1) is 10.5 Å². The van der Waals surface area contributed by atoms with Gasteiger partial charge in [-0.15, -0.1) is 0 Å². The number of hydrogen-bond donors (Lipinski definition) is 1. The van der Waals surface area contributed by atoms with Gasteiger partial charge in [-0.2, -0.15) is 4.31 Å². The molecular formula is C17H24N2O4S. The third-order valence-corrected chi connectivity index (χ3v) is 5.92. The van der Waals surface area contributed by atoms with E-state index in [4.69, 9.17) is 0 Å². The van der Waals surface area contributed by atoms with E-state index in [2.05, 4.69) is 4.90 Å². The van der Waals surface area contributed by atoms with E-state index in [1.54, 1.807) is 12.1 Å². The number of unbranched alkanes of at least 4 members (excludes halogenated alkanes) is 1. The Balaban J connectivity index is 2.38. The summed E-state index contributed by atoms with van der Waals surface area (Å²) in [5, 5.41) is 9.28. The monoisotopic (exact) mass is 352 g/mol. The van der Waals surface area contributed by atoms with Crippen LogP contribution in [0.5, 0.6) is 0 Å². The molecule has 1 aliphatic heterocycles. The molecule has 7 heteroatoms. The molecule has 1 saturated heterocycles. The molecule has 0 spiro atoms. The van der Waals surface area contributed by atoms with Crippen molar-refractivity contribution in [2.75, 3.05) is 33.2 Å². The second-order valence-corrected chi connectivity index (χ2v) is 7.93. The second-order valence-electron chi connectivity index (χ2n) is 5.99. The third-order valence-electron chi connectivity index (χ3n) is 4.04. The summed E-state index contributed by atoms with van der Waals surface area (Å²) in [6, 6.07) is 4.29. The van der Waals surface area contributed by atoms with Crippen LogP contribution in [0.25, 0.3) is 6.08 Å². The largest absolute Gasteiger partial charge is 0.478 e. The van der Waals surface area contributed by atoms with Crippen molar-refractivity contribution in [2.45, 2.75) is 24.7 Å². The zero-order chi connectivity index (χ0) is 17.7. The lowest BCUT2D eigenvalue weighted by molar-refractivity contribution is 0.0696. The van der Waals surface area contributed by atoms with Gasteiger partial charge in [0.2, 0.25) is 10.0 Å². The number of hydrogen-bond acceptors (Lipinski definition) is 4. The van der Waals surface area contributed by atoms with E-state index in [-0.39, 0.29) is 10.5 Å². The van der Waals surface area contributed by atoms with E-state index in [1.165, 1.54) is 16.4 Å². The number of aromatic carboxylic acids is 1. The molecule has 0 atom stereocenters. The van der Waals surface area contributed by atoms with E-state index in [1.807, 2.05) is 20.0 Å². The van der Waals surface area contributed by atoms with Crippen LogP contribution in [0.15, 0.2) is 29.2 Å². The maximum Gasteiger partial charge on any atom is 0.335 e. The first-order chi connectivity index (χ1) is 11.3. The van der Waals surface area contributed by atoms with Crippen molar-refractivity contribution in [2.24, 2.45) is 0 Å². The maximum absolute atomic E-state index is 12.8. The van der Waals surface area contributed by atoms with Gasteiger partial charge in [-0.05, 0) is 37.2 Å². The van der Waals surface area contributed by atoms with Gasteiger partial charge in [0.1, 0.15) is 0 Å². The van der Waals surface area contributed by atoms with Gasteiger partial charge >= 0.3 is 5.97 Å². The summed E-state index contributed by atoms with van der Waals surface area (Å²) >= 11 is 0. The molecule has 1 fully saturated rings. The van der Waals surface area contributed by atoms with Crippen molar-refractivity contribution in [1.82, 2.24) is 9.21 Å². The number of nitrogens with zero attached hydrogens (tertiary/aromatic N) is 2. The predicted octanol–water partition coefficient (Wildman–Crippen LogP) is 2.13. The number of rotatable bonds is 6. The fourth-order valence-electron chi connectivity index (χ4n) is 2.55. The summed E-state index contributed by atoms with van der Waals surface area (Å²) in [5.74, 6) is -1.13. The van der Waals surface area contributed by atoms with Gasteiger partial charge in [-0.1, -0.05) is 25.5 Å². The Bertz CT molecular complexity index is 720. The van der Waals surface area contributed by atoms with Crippen LogP contribution in [0.2, 0.25) is 0 Å². The third kappa shape index (κ3) is 4.43. The molecule has 2 rings (SSSR count). The first-order valence-corrected chi connectivity index (χ1v) is 9.52. The smallest absolute Gasteiger partial charge is 0.335 e. The SMILES string of the molecule is CCC/C=C/c1cc(C(=O)O)cc(S(=O)(=O)N2CCN(C)CC2)c1. The fourth-order valence-corrected chi connectivity index (χ4v) is 4.06. The highest BCUT2D eigenvalue weighted by Crippen LogP contribution is 2.22. The first-order valence-electron chi connectivity index (χ1n) is 8.08. The summed E-state index contributed by atoms with van der Waals surface area (Å²) in [6.07, 6.45) is 5.53. The normalized spacial score (nSPS) is 17.4. The number of carbonyl (C=O) groups is 1. The number of carboxylic acid groups (broad SMARTS) is 1. The number of benzene rings is 1. The Hall–Kier alpha value is -1.70. The van der Waals surface area contributed by atoms with Crippen LogP contribution in [0.1, 0.15) is 35.7 Å². The highest BCUT2D eigenvalue weighted by Gasteiger charge is 2.28. The van der Waals surface area contributed by atoms with Gasteiger partial charge < -0.3 is 10.0 Å². The van der Waals surface area contributed by atoms with E-state index in [0.717, 1.165) is 12.8 Å². The van der Waals surface area contributed by atoms with Gasteiger partial charge in [0, 0.05) is 26.2 Å². The van der Waals surface area contributed by atoms with Gasteiger partial charge in [0.15, 0.2) is 0 Å². The molecule has 1 aromatic rings. The lowest BCUT2D eigenvalue weighted by Gasteiger charge is -2.31. The molecule has 1 aliphatic rings. The van der Waals surface area contributed by atoms with E-state index < -0.39 is 16.0 Å². The first kappa shape index (κ1) is 18.6. The zero-order valence-electron chi connectivity index (χ0n) is 14.1. The standard InChI is InChI=1S/C17H24N2O4S/c1-3-4-5-6-14-11-15(17(20)21)13-16(12-14)24(22,23)19-9-7-18(2)8-10-19/h5-6,11-13H,3-4,7-10H2,1-2H3,(H,20,21)/b6-5+. The minimum absolute atomic E-state index is 0.0126. The fraction of sp³-hybridized carbons (Fsp3) is 0.471. The highest BCUT2D eigenvalue weighted by atomic mass is 32.2. The molecule has 0 bridgehead atoms. The van der Waals surface area contributed by atoms with E-state index >= 15 is 0 Å². The van der Waals surface area contributed by atoms with Crippen molar-refractivity contribution < 1.29 is 18.3 Å². The summed E-state index contributed by atoms with van der Waals surface area (Å²) in [5.41, 5.74) is 0.581. The molecule has 1 N–H and O–H groups in total. The van der Waals surface area contributed by atoms with Crippen molar-refractivity contribution in [3.63, 3.8) is 0 Å². The molecule has 0 aliphatic carbocycles. The molecule has 0 saturated carbocycles. The van der Waals surface area contributed by atoms with Crippen molar-refractivity contribution in [3.05, 3.63) is 35.4 Å². The lowest BCUT2D eigenvalue weighted by Crippen LogP contribution is -2.47. The number of carboxylic acids is 1. The molecule has 0 amide bonds. The molecule has 24 heavy (non-hydrogen) atoms. The molecule has 1 heterocycles. The van der Waals surface area contributed by atoms with Crippen LogP contribution >= 0.6 is 0 Å². The number of allylic oxidation sites excluding steroid dienone is 1. The Labute approximate surface area is 143 Å². The molecule has 0 unspecified atom stereocenters. The van der Waals surface area contributed by atoms with Crippen LogP contribution in [-0.2, 0) is 10.0 Å². The Morgan fingerprint density at radius 3 is 2.46 bits per heavy atom. The molecule has 6 nitrogen and oxygen atoms in total. The van der Waals surface area contributed by atoms with E-state index in [0.29, 0.717) is 31.7 Å². The number of likely N-dealkylation sites (N-methyl/N-ethyl adjacent to an activating group) is 1. The van der Waals surface area contributed by atoms with Crippen molar-refractivity contribution >= 4 is 22.1 Å². The van der Waals surface area contributed by atoms with E-state index in [9.17, 15) is 18.3 Å². The quantitative estimate of drug-likeness (QED) is 0.849. The van der Waals surface area contributed by atoms with Gasteiger partial charge in [0.25, 0.3) is 0 Å². The van der Waals surface area contributed by atoms with Crippen LogP contribution in [-0.4, -0.2) is 61.9 Å². The topological polar surface area (TPSA) is 77.9 Å². The van der Waals surface area contributed by atoms with Crippen LogP contribution in [0.4, 0.5) is 0 Å². The number of sulfonamides is 1. The molecular weight excluding hydrogens is 328 g/mol. The van der Waals surface area contributed by atoms with Crippen LogP contribution < -0.4 is 0 Å². The summed E-state index contributed by atoms with van der Waals surface area (Å²) < 4.78 is 27.1. The van der Waals surface area contributed by atoms with Crippen molar-refractivity contribution in [3.8, 4) is 0 Å². The lowest BCUT2D eigenvalue weighted by atomic mass is 10.1. The molecule has 0 radical (unpaired) electrons. The average molecular weight is 352 g/mol. The predicted molar refractivity (Wildman–Crippen MR) is 93.6 cm³/mol. The molecule has 0 aromatic heterocycles. The Kier molecular flexibility index (Phi) is 6.15. The minimum atomic E-state index is -3.69. The number of piperazine rings is 1. The zero-order valence-corrected chi connectivity index (χ0v) is 14.9.